The van der Waals surface area contributed by atoms with Gasteiger partial charge in [-0.15, -0.1) is 0 Å². The van der Waals surface area contributed by atoms with Crippen molar-refractivity contribution in [2.24, 2.45) is 28.6 Å². The molecule has 3 saturated carbocycles. The van der Waals surface area contributed by atoms with Crippen molar-refractivity contribution in [2.75, 3.05) is 0 Å². The van der Waals surface area contributed by atoms with Crippen molar-refractivity contribution in [1.29, 1.82) is 0 Å². The van der Waals surface area contributed by atoms with Crippen LogP contribution < -0.4 is 0 Å². The lowest BCUT2D eigenvalue weighted by molar-refractivity contribution is -0.111. The van der Waals surface area contributed by atoms with Gasteiger partial charge in [-0.2, -0.15) is 0 Å². The van der Waals surface area contributed by atoms with Crippen molar-refractivity contribution in [3.8, 4) is 11.8 Å². The molecule has 6 atom stereocenters. The van der Waals surface area contributed by atoms with Crippen LogP contribution in [0.2, 0.25) is 0 Å². The lowest BCUT2D eigenvalue weighted by Crippen LogP contribution is -2.54. The largest absolute Gasteiger partial charge is 0.377 e. The third kappa shape index (κ3) is 2.53. The predicted molar refractivity (Wildman–Crippen MR) is 122 cm³/mol. The van der Waals surface area contributed by atoms with E-state index in [9.17, 15) is 9.90 Å². The number of hydrogen-bond donors (Lipinski definition) is 1. The van der Waals surface area contributed by atoms with Crippen LogP contribution in [0.25, 0.3) is 0 Å². The number of ketones is 1. The third-order valence-electron chi connectivity index (χ3n) is 9.92. The molecule has 1 N–H and O–H groups in total. The molecule has 3 fully saturated rings. The van der Waals surface area contributed by atoms with Crippen LogP contribution in [0.15, 0.2) is 42.0 Å². The van der Waals surface area contributed by atoms with Gasteiger partial charge in [-0.3, -0.25) is 4.79 Å². The molecule has 6 aliphatic rings. The van der Waals surface area contributed by atoms with Crippen LogP contribution in [-0.2, 0) is 17.6 Å². The van der Waals surface area contributed by atoms with Crippen molar-refractivity contribution in [2.45, 2.75) is 70.8 Å². The summed E-state index contributed by atoms with van der Waals surface area (Å²) in [7, 11) is 0. The highest BCUT2D eigenvalue weighted by Gasteiger charge is 2.64. The van der Waals surface area contributed by atoms with E-state index in [2.05, 4.69) is 50.0 Å². The molecule has 1 spiro atoms. The summed E-state index contributed by atoms with van der Waals surface area (Å²) in [5, 5.41) is 11.8. The smallest absolute Gasteiger partial charge is 0.178 e. The van der Waals surface area contributed by atoms with E-state index < -0.39 is 5.60 Å². The Morgan fingerprint density at radius 1 is 1.16 bits per heavy atom. The average Bonchev–Trinajstić information content (AvgIpc) is 3.03. The normalized spacial score (nSPS) is 42.1. The number of carbonyl (C=O) groups is 1. The summed E-state index contributed by atoms with van der Waals surface area (Å²) >= 11 is 0. The Balaban J connectivity index is 1.62. The molecule has 0 heterocycles. The van der Waals surface area contributed by atoms with Gasteiger partial charge in [-0.25, -0.2) is 0 Å². The zero-order valence-corrected chi connectivity index (χ0v) is 18.7. The van der Waals surface area contributed by atoms with E-state index in [1.165, 1.54) is 16.7 Å². The third-order valence-corrected chi connectivity index (χ3v) is 9.92. The Morgan fingerprint density at radius 3 is 2.84 bits per heavy atom. The summed E-state index contributed by atoms with van der Waals surface area (Å²) in [6.45, 7) is 4.51. The van der Waals surface area contributed by atoms with E-state index in [1.54, 1.807) is 0 Å². The van der Waals surface area contributed by atoms with Crippen molar-refractivity contribution in [3.05, 3.63) is 58.7 Å². The molecule has 1 aromatic carbocycles. The number of rotatable bonds is 1. The Morgan fingerprint density at radius 2 is 2.00 bits per heavy atom. The molecule has 0 aliphatic heterocycles. The highest BCUT2D eigenvalue weighted by Crippen LogP contribution is 2.67. The Hall–Kier alpha value is -2.11. The zero-order chi connectivity index (χ0) is 21.4. The number of allylic oxidation sites excluding steroid dienone is 4. The molecule has 31 heavy (non-hydrogen) atoms. The fraction of sp³-hybridized carbons (Fsp3) is 0.552. The van der Waals surface area contributed by atoms with Gasteiger partial charge in [-0.1, -0.05) is 49.5 Å². The minimum Gasteiger partial charge on any atom is -0.377 e. The predicted octanol–water partition coefficient (Wildman–Crippen LogP) is 5.18. The van der Waals surface area contributed by atoms with Gasteiger partial charge in [0.2, 0.25) is 0 Å². The number of benzene rings is 1. The maximum Gasteiger partial charge on any atom is 0.178 e. The monoisotopic (exact) mass is 412 g/mol. The Labute approximate surface area is 185 Å². The van der Waals surface area contributed by atoms with Crippen molar-refractivity contribution >= 4 is 5.78 Å². The van der Waals surface area contributed by atoms with Gasteiger partial charge in [0.25, 0.3) is 0 Å². The summed E-state index contributed by atoms with van der Waals surface area (Å²) in [6.07, 6.45) is 14.1. The standard InChI is InChI=1S/C29H32O2/c1-3-19-4-5-20-8-14-29(31)15-11-25-24-7-6-22-17-23(30)9-13-28(22,18-21(20)16-19)26(24)10-12-27(25,29)2/h4-5,9,13,16-17,24-26,31H,3,6-7,10-12,15,18H2,1-2H3/t24-,25-,26?,27-,28+,29+/m0/s1. The zero-order valence-electron chi connectivity index (χ0n) is 18.7. The summed E-state index contributed by atoms with van der Waals surface area (Å²) in [4.78, 5) is 12.4. The summed E-state index contributed by atoms with van der Waals surface area (Å²) in [5.41, 5.74) is 3.91. The van der Waals surface area contributed by atoms with Gasteiger partial charge in [0, 0.05) is 16.4 Å². The fourth-order valence-electron chi connectivity index (χ4n) is 8.16. The Kier molecular flexibility index (Phi) is 4.07. The maximum atomic E-state index is 12.4. The lowest BCUT2D eigenvalue weighted by Gasteiger charge is -2.58. The molecular formula is C29H32O2. The second-order valence-electron chi connectivity index (χ2n) is 11.0. The molecule has 0 radical (unpaired) electrons. The highest BCUT2D eigenvalue weighted by atomic mass is 16.3. The second kappa shape index (κ2) is 6.46. The quantitative estimate of drug-likeness (QED) is 0.646. The van der Waals surface area contributed by atoms with E-state index >= 15 is 0 Å². The van der Waals surface area contributed by atoms with Crippen LogP contribution in [-0.4, -0.2) is 16.5 Å². The average molecular weight is 413 g/mol. The first-order valence-corrected chi connectivity index (χ1v) is 12.2. The molecule has 0 amide bonds. The minimum absolute atomic E-state index is 0.0774. The summed E-state index contributed by atoms with van der Waals surface area (Å²) in [6, 6.07) is 6.68. The number of carbonyl (C=O) groups excluding carboxylic acids is 1. The first-order chi connectivity index (χ1) is 14.9. The lowest BCUT2D eigenvalue weighted by atomic mass is 9.46. The number of fused-ring (bicyclic) bond motifs is 1. The van der Waals surface area contributed by atoms with Gasteiger partial charge in [0.15, 0.2) is 5.78 Å². The van der Waals surface area contributed by atoms with Crippen molar-refractivity contribution < 1.29 is 9.90 Å². The molecule has 6 aliphatic carbocycles. The number of aryl methyl sites for hydroxylation is 1. The summed E-state index contributed by atoms with van der Waals surface area (Å²) < 4.78 is 0. The van der Waals surface area contributed by atoms with E-state index in [-0.39, 0.29) is 16.6 Å². The van der Waals surface area contributed by atoms with Crippen molar-refractivity contribution in [1.82, 2.24) is 0 Å². The number of hydrogen-bond acceptors (Lipinski definition) is 2. The van der Waals surface area contributed by atoms with Crippen LogP contribution in [0.5, 0.6) is 0 Å². The van der Waals surface area contributed by atoms with Crippen LogP contribution in [0.4, 0.5) is 0 Å². The van der Waals surface area contributed by atoms with Crippen LogP contribution >= 0.6 is 0 Å². The number of aliphatic hydroxyl groups is 1. The topological polar surface area (TPSA) is 37.3 Å². The molecule has 0 saturated heterocycles. The van der Waals surface area contributed by atoms with E-state index in [1.807, 2.05) is 12.2 Å². The molecular weight excluding hydrogens is 380 g/mol. The van der Waals surface area contributed by atoms with Crippen LogP contribution in [0, 0.1) is 40.4 Å². The van der Waals surface area contributed by atoms with Crippen molar-refractivity contribution in [3.63, 3.8) is 0 Å². The SMILES string of the molecule is CCc1ccc2c(c1)C[C@]13C=CC(=O)C=C1CC[C@@H]1C3CC[C@@]3(C)[C@H]1CC[C@]3(O)C#C2. The summed E-state index contributed by atoms with van der Waals surface area (Å²) in [5.74, 6) is 8.67. The molecule has 6 bridgehead atoms. The molecule has 160 valence electrons. The van der Waals surface area contributed by atoms with E-state index in [0.29, 0.717) is 17.8 Å². The molecule has 2 heteroatoms. The minimum atomic E-state index is -0.894. The maximum absolute atomic E-state index is 12.4. The van der Waals surface area contributed by atoms with E-state index in [4.69, 9.17) is 0 Å². The first-order valence-electron chi connectivity index (χ1n) is 12.2. The second-order valence-corrected chi connectivity index (χ2v) is 11.0. The molecule has 1 unspecified atom stereocenters. The highest BCUT2D eigenvalue weighted by molar-refractivity contribution is 6.01. The molecule has 7 rings (SSSR count). The first kappa shape index (κ1) is 19.6. The van der Waals surface area contributed by atoms with Gasteiger partial charge in [0.05, 0.1) is 0 Å². The van der Waals surface area contributed by atoms with Gasteiger partial charge < -0.3 is 5.11 Å². The fourth-order valence-corrected chi connectivity index (χ4v) is 8.16. The van der Waals surface area contributed by atoms with Gasteiger partial charge in [0.1, 0.15) is 5.60 Å². The van der Waals surface area contributed by atoms with E-state index in [0.717, 1.165) is 56.9 Å². The van der Waals surface area contributed by atoms with Gasteiger partial charge >= 0.3 is 0 Å². The van der Waals surface area contributed by atoms with Crippen LogP contribution in [0.3, 0.4) is 0 Å². The molecule has 2 nitrogen and oxygen atoms in total. The Bertz CT molecular complexity index is 1100. The van der Waals surface area contributed by atoms with Gasteiger partial charge in [-0.05, 0) is 98.5 Å². The molecule has 0 aromatic heterocycles. The molecule has 1 aromatic rings. The van der Waals surface area contributed by atoms with Crippen LogP contribution in [0.1, 0.15) is 69.1 Å².